The highest BCUT2D eigenvalue weighted by Gasteiger charge is 2.58. The zero-order valence-electron chi connectivity index (χ0n) is 9.99. The summed E-state index contributed by atoms with van der Waals surface area (Å²) in [7, 11) is 0. The number of fused-ring (bicyclic) bond motifs is 1. The fourth-order valence-electron chi connectivity index (χ4n) is 2.71. The first-order chi connectivity index (χ1) is 6.88. The summed E-state index contributed by atoms with van der Waals surface area (Å²) in [5, 5.41) is 0. The molecular formula is C12H22N2O. The molecule has 3 atom stereocenters. The third-order valence-electron chi connectivity index (χ3n) is 3.78. The van der Waals surface area contributed by atoms with Gasteiger partial charge in [0.05, 0.1) is 0 Å². The summed E-state index contributed by atoms with van der Waals surface area (Å²) in [5.41, 5.74) is 5.73. The van der Waals surface area contributed by atoms with Crippen LogP contribution in [0.2, 0.25) is 0 Å². The van der Waals surface area contributed by atoms with Crippen LogP contribution < -0.4 is 5.73 Å². The fraction of sp³-hybridized carbons (Fsp3) is 0.917. The number of nitrogens with two attached hydrogens (primary N) is 1. The second-order valence-electron chi connectivity index (χ2n) is 6.33. The van der Waals surface area contributed by atoms with Gasteiger partial charge in [0.1, 0.15) is 0 Å². The Bertz CT molecular complexity index is 257. The summed E-state index contributed by atoms with van der Waals surface area (Å²) in [4.78, 5) is 13.5. The van der Waals surface area contributed by atoms with Gasteiger partial charge in [-0.1, -0.05) is 20.8 Å². The number of nitrogens with zero attached hydrogens (tertiary/aromatic N) is 1. The number of carbonyl (C=O) groups excluding carboxylic acids is 1. The van der Waals surface area contributed by atoms with Gasteiger partial charge in [-0.05, 0) is 30.2 Å². The number of carbonyl (C=O) groups is 1. The van der Waals surface area contributed by atoms with Crippen LogP contribution in [0, 0.1) is 23.2 Å². The third-order valence-corrected chi connectivity index (χ3v) is 3.78. The molecule has 86 valence electrons. The smallest absolute Gasteiger partial charge is 0.221 e. The minimum Gasteiger partial charge on any atom is -0.369 e. The Morgan fingerprint density at radius 1 is 1.33 bits per heavy atom. The van der Waals surface area contributed by atoms with Crippen LogP contribution in [0.25, 0.3) is 0 Å². The molecule has 2 N–H and O–H groups in total. The van der Waals surface area contributed by atoms with Gasteiger partial charge in [-0.25, -0.2) is 0 Å². The van der Waals surface area contributed by atoms with Crippen LogP contribution in [0.15, 0.2) is 0 Å². The lowest BCUT2D eigenvalue weighted by Crippen LogP contribution is -2.30. The second-order valence-corrected chi connectivity index (χ2v) is 6.33. The van der Waals surface area contributed by atoms with Crippen molar-refractivity contribution in [2.45, 2.75) is 27.2 Å². The quantitative estimate of drug-likeness (QED) is 0.758. The molecule has 0 radical (unpaired) electrons. The van der Waals surface area contributed by atoms with Crippen LogP contribution in [0.4, 0.5) is 0 Å². The van der Waals surface area contributed by atoms with Gasteiger partial charge in [0.15, 0.2) is 0 Å². The summed E-state index contributed by atoms with van der Waals surface area (Å²) in [6, 6.07) is 0. The predicted octanol–water partition coefficient (Wildman–Crippen LogP) is 1.09. The molecule has 1 heterocycles. The van der Waals surface area contributed by atoms with E-state index in [-0.39, 0.29) is 11.8 Å². The van der Waals surface area contributed by atoms with Crippen molar-refractivity contribution in [3.8, 4) is 0 Å². The Morgan fingerprint density at radius 2 is 1.87 bits per heavy atom. The van der Waals surface area contributed by atoms with E-state index in [2.05, 4.69) is 25.7 Å². The van der Waals surface area contributed by atoms with E-state index in [1.54, 1.807) is 0 Å². The van der Waals surface area contributed by atoms with Crippen molar-refractivity contribution in [2.24, 2.45) is 28.9 Å². The van der Waals surface area contributed by atoms with Gasteiger partial charge >= 0.3 is 0 Å². The maximum absolute atomic E-state index is 11.0. The molecule has 3 nitrogen and oxygen atoms in total. The Labute approximate surface area is 92.0 Å². The average Bonchev–Trinajstić information content (AvgIpc) is 2.59. The van der Waals surface area contributed by atoms with Gasteiger partial charge in [-0.3, -0.25) is 4.79 Å². The SMILES string of the molecule is CC(C)(C)CCN1CC2C(C(N)=O)[C@@H]2C1. The van der Waals surface area contributed by atoms with Crippen LogP contribution >= 0.6 is 0 Å². The zero-order chi connectivity index (χ0) is 11.2. The van der Waals surface area contributed by atoms with Crippen molar-refractivity contribution >= 4 is 5.91 Å². The van der Waals surface area contributed by atoms with Crippen molar-refractivity contribution in [1.29, 1.82) is 0 Å². The van der Waals surface area contributed by atoms with Crippen LogP contribution in [0.3, 0.4) is 0 Å². The van der Waals surface area contributed by atoms with E-state index >= 15 is 0 Å². The number of primary amides is 1. The maximum atomic E-state index is 11.0. The van der Waals surface area contributed by atoms with E-state index < -0.39 is 0 Å². The van der Waals surface area contributed by atoms with Crippen molar-refractivity contribution in [1.82, 2.24) is 4.90 Å². The molecule has 0 aromatic heterocycles. The van der Waals surface area contributed by atoms with E-state index in [9.17, 15) is 4.79 Å². The Kier molecular flexibility index (Phi) is 2.53. The second kappa shape index (κ2) is 3.48. The first kappa shape index (κ1) is 10.9. The summed E-state index contributed by atoms with van der Waals surface area (Å²) < 4.78 is 0. The Balaban J connectivity index is 1.72. The van der Waals surface area contributed by atoms with E-state index in [1.807, 2.05) is 0 Å². The normalized spacial score (nSPS) is 35.3. The van der Waals surface area contributed by atoms with Crippen LogP contribution in [0.1, 0.15) is 27.2 Å². The largest absolute Gasteiger partial charge is 0.369 e. The molecule has 1 saturated carbocycles. The van der Waals surface area contributed by atoms with Gasteiger partial charge in [0.2, 0.25) is 5.91 Å². The van der Waals surface area contributed by atoms with Gasteiger partial charge < -0.3 is 10.6 Å². The highest BCUT2D eigenvalue weighted by atomic mass is 16.1. The molecule has 1 aliphatic carbocycles. The molecule has 2 unspecified atom stereocenters. The molecule has 1 aliphatic heterocycles. The first-order valence-corrected chi connectivity index (χ1v) is 5.90. The van der Waals surface area contributed by atoms with E-state index in [4.69, 9.17) is 5.73 Å². The third kappa shape index (κ3) is 2.33. The maximum Gasteiger partial charge on any atom is 0.221 e. The molecule has 3 heteroatoms. The molecule has 2 rings (SSSR count). The molecule has 1 saturated heterocycles. The van der Waals surface area contributed by atoms with Crippen molar-refractivity contribution in [3.63, 3.8) is 0 Å². The molecule has 0 bridgehead atoms. The standard InChI is InChI=1S/C12H22N2O/c1-12(2,3)4-5-14-6-8-9(7-14)10(8)11(13)15/h8-10H,4-7H2,1-3H3,(H2,13,15)/t8-,9?,10?/m1/s1. The van der Waals surface area contributed by atoms with Crippen LogP contribution in [-0.2, 0) is 4.79 Å². The molecular weight excluding hydrogens is 188 g/mol. The van der Waals surface area contributed by atoms with E-state index in [0.717, 1.165) is 13.1 Å². The molecule has 0 aromatic rings. The monoisotopic (exact) mass is 210 g/mol. The van der Waals surface area contributed by atoms with Crippen molar-refractivity contribution in [3.05, 3.63) is 0 Å². The van der Waals surface area contributed by atoms with Crippen molar-refractivity contribution < 1.29 is 4.79 Å². The number of rotatable bonds is 3. The number of hydrogen-bond acceptors (Lipinski definition) is 2. The van der Waals surface area contributed by atoms with Crippen LogP contribution in [-0.4, -0.2) is 30.4 Å². The lowest BCUT2D eigenvalue weighted by atomic mass is 9.92. The minimum atomic E-state index is -0.0829. The molecule has 0 aromatic carbocycles. The highest BCUT2D eigenvalue weighted by molar-refractivity contribution is 5.80. The topological polar surface area (TPSA) is 46.3 Å². The van der Waals surface area contributed by atoms with E-state index in [0.29, 0.717) is 17.3 Å². The summed E-state index contributed by atoms with van der Waals surface area (Å²) >= 11 is 0. The molecule has 2 aliphatic rings. The Morgan fingerprint density at radius 3 is 2.27 bits per heavy atom. The molecule has 0 spiro atoms. The number of amides is 1. The van der Waals surface area contributed by atoms with Crippen LogP contribution in [0.5, 0.6) is 0 Å². The lowest BCUT2D eigenvalue weighted by molar-refractivity contribution is -0.120. The van der Waals surface area contributed by atoms with Gasteiger partial charge in [0.25, 0.3) is 0 Å². The van der Waals surface area contributed by atoms with Gasteiger partial charge in [-0.15, -0.1) is 0 Å². The number of hydrogen-bond donors (Lipinski definition) is 1. The minimum absolute atomic E-state index is 0.0829. The molecule has 15 heavy (non-hydrogen) atoms. The summed E-state index contributed by atoms with van der Waals surface area (Å²) in [6.45, 7) is 10.2. The lowest BCUT2D eigenvalue weighted by Gasteiger charge is -2.24. The molecule has 1 amide bonds. The zero-order valence-corrected chi connectivity index (χ0v) is 9.99. The van der Waals surface area contributed by atoms with Gasteiger partial charge in [0, 0.05) is 19.0 Å². The first-order valence-electron chi connectivity index (χ1n) is 5.90. The summed E-state index contributed by atoms with van der Waals surface area (Å²) in [5.74, 6) is 1.29. The predicted molar refractivity (Wildman–Crippen MR) is 60.2 cm³/mol. The Hall–Kier alpha value is -0.570. The van der Waals surface area contributed by atoms with E-state index in [1.165, 1.54) is 13.0 Å². The van der Waals surface area contributed by atoms with Gasteiger partial charge in [-0.2, -0.15) is 0 Å². The highest BCUT2D eigenvalue weighted by Crippen LogP contribution is 2.51. The average molecular weight is 210 g/mol. The number of piperidine rings is 1. The van der Waals surface area contributed by atoms with Crippen molar-refractivity contribution in [2.75, 3.05) is 19.6 Å². The molecule has 2 fully saturated rings. The fourth-order valence-corrected chi connectivity index (χ4v) is 2.71. The summed E-state index contributed by atoms with van der Waals surface area (Å²) in [6.07, 6.45) is 1.23. The number of likely N-dealkylation sites (tertiary alicyclic amines) is 1.